The average molecular weight is 1860 g/mol. The second kappa shape index (κ2) is 49.2. The van der Waals surface area contributed by atoms with Crippen LogP contribution in [0, 0.1) is 0 Å². The first-order chi connectivity index (χ1) is 55.1. The monoisotopic (exact) mass is 1850 g/mol. The van der Waals surface area contributed by atoms with E-state index < -0.39 is 0 Å². The summed E-state index contributed by atoms with van der Waals surface area (Å²) < 4.78 is 35.2. The molecule has 0 fully saturated rings. The van der Waals surface area contributed by atoms with E-state index in [-0.39, 0.29) is 34.7 Å². The van der Waals surface area contributed by atoms with E-state index in [0.717, 1.165) is 90.2 Å². The lowest BCUT2D eigenvalue weighted by Gasteiger charge is -2.01. The minimum absolute atomic E-state index is 0.0108. The molecule has 0 aromatic heterocycles. The van der Waals surface area contributed by atoms with Crippen molar-refractivity contribution in [1.82, 2.24) is 0 Å². The Morgan fingerprint density at radius 1 is 0.237 bits per heavy atom. The summed E-state index contributed by atoms with van der Waals surface area (Å²) in [6, 6.07) is 88.8. The average Bonchev–Trinajstić information content (AvgIpc) is 0.870. The first-order valence-corrected chi connectivity index (χ1v) is 39.2. The van der Waals surface area contributed by atoms with Gasteiger partial charge in [0.1, 0.15) is 34.5 Å². The Labute approximate surface area is 712 Å². The van der Waals surface area contributed by atoms with E-state index in [9.17, 15) is 28.8 Å². The normalized spacial score (nSPS) is 10.6. The number of rotatable bonds is 24. The lowest BCUT2D eigenvalue weighted by molar-refractivity contribution is 0.103. The van der Waals surface area contributed by atoms with Gasteiger partial charge in [0.15, 0.2) is 34.7 Å². The van der Waals surface area contributed by atoms with Crippen LogP contribution in [0.15, 0.2) is 350 Å². The standard InChI is InChI=1S/5C16H13BrO2.C16H13ClO2/c1-19-15-9-2-12(3-10-15)4-11-16(18)13-5-7-14(17)8-6-13;1-19-15-7-2-4-12(10-15)8-9-16(18)13-5-3-6-14(17)11-13;1-19-13-6-4-5-12(11-13)9-10-16(18)14-7-2-3-8-15(14)17;1-19-15-4-2-3-12(11-15)5-10-16(18)13-6-8-14(17)9-7-13;1-19-15-8-5-12(6-9-15)7-10-16(18)13-3-2-4-14(17)11-13;1-19-15-4-2-3-12(11-15)5-10-16(18)13-6-8-14(17)9-7-13/h6*2-11H,1H3/b11-4+;9-8+;10-9+;10-5+;10-7+;10-5+. The van der Waals surface area contributed by atoms with E-state index >= 15 is 0 Å². The highest BCUT2D eigenvalue weighted by atomic mass is 79.9. The summed E-state index contributed by atoms with van der Waals surface area (Å²) in [5.74, 6) is 4.54. The zero-order valence-corrected chi connectivity index (χ0v) is 71.5. The molecule has 0 aliphatic rings. The maximum absolute atomic E-state index is 12.0. The van der Waals surface area contributed by atoms with Gasteiger partial charge in [-0.3, -0.25) is 28.8 Å². The van der Waals surface area contributed by atoms with E-state index in [0.29, 0.717) is 38.4 Å². The van der Waals surface area contributed by atoms with E-state index in [1.54, 1.807) is 188 Å². The number of halogens is 6. The highest BCUT2D eigenvalue weighted by molar-refractivity contribution is 9.11. The molecular formula is C96H78Br5ClO12. The lowest BCUT2D eigenvalue weighted by Crippen LogP contribution is -1.94. The fraction of sp³-hybridized carbons (Fsp3) is 0.0625. The van der Waals surface area contributed by atoms with Crippen LogP contribution in [0.5, 0.6) is 34.5 Å². The molecule has 12 nitrogen and oxygen atoms in total. The second-order valence-corrected chi connectivity index (χ2v) is 28.8. The van der Waals surface area contributed by atoms with Crippen molar-refractivity contribution in [3.63, 3.8) is 0 Å². The number of ether oxygens (including phenoxy) is 6. The Hall–Kier alpha value is -11.4. The second-order valence-electron chi connectivity index (χ2n) is 23.9. The summed E-state index contributed by atoms with van der Waals surface area (Å²) in [7, 11) is 9.73. The predicted octanol–water partition coefficient (Wildman–Crippen LogP) is 26.0. The van der Waals surface area contributed by atoms with Crippen LogP contribution in [0.4, 0.5) is 0 Å². The summed E-state index contributed by atoms with van der Waals surface area (Å²) in [6.45, 7) is 0. The van der Waals surface area contributed by atoms with Crippen LogP contribution in [0.3, 0.4) is 0 Å². The van der Waals surface area contributed by atoms with Gasteiger partial charge >= 0.3 is 0 Å². The molecule has 0 atom stereocenters. The fourth-order valence-corrected chi connectivity index (χ4v) is 11.7. The molecule has 12 aromatic rings. The van der Waals surface area contributed by atoms with Crippen LogP contribution >= 0.6 is 91.3 Å². The lowest BCUT2D eigenvalue weighted by atomic mass is 10.1. The number of methoxy groups -OCH3 is 6. The SMILES string of the molecule is COc1ccc(/C=C/C(=O)c2ccc(Br)cc2)cc1.COc1ccc(/C=C/C(=O)c2cccc(Br)c2)cc1.COc1cccc(/C=C/C(=O)c2ccc(Br)cc2)c1.COc1cccc(/C=C/C(=O)c2ccc(Cl)cc2)c1.COc1cccc(/C=C/C(=O)c2cccc(Br)c2)c1.COc1cccc(/C=C/C(=O)c2ccccc2Br)c1. The molecule has 0 radical (unpaired) electrons. The molecule has 18 heteroatoms. The number of allylic oxidation sites excluding steroid dienone is 6. The first kappa shape index (κ1) is 89.8. The van der Waals surface area contributed by atoms with E-state index in [4.69, 9.17) is 40.0 Å². The minimum Gasteiger partial charge on any atom is -0.497 e. The molecule has 0 saturated carbocycles. The predicted molar refractivity (Wildman–Crippen MR) is 480 cm³/mol. The molecule has 12 aromatic carbocycles. The third-order valence-corrected chi connectivity index (χ3v) is 18.9. The molecule has 114 heavy (non-hydrogen) atoms. The highest BCUT2D eigenvalue weighted by Gasteiger charge is 2.09. The van der Waals surface area contributed by atoms with Crippen LogP contribution in [-0.2, 0) is 0 Å². The Morgan fingerprint density at radius 3 is 0.807 bits per heavy atom. The van der Waals surface area contributed by atoms with Gasteiger partial charge in [-0.15, -0.1) is 0 Å². The maximum atomic E-state index is 12.0. The van der Waals surface area contributed by atoms with Gasteiger partial charge in [-0.2, -0.15) is 0 Å². The van der Waals surface area contributed by atoms with Gasteiger partial charge in [-0.1, -0.05) is 237 Å². The third kappa shape index (κ3) is 32.4. The van der Waals surface area contributed by atoms with Crippen LogP contribution in [0.25, 0.3) is 36.5 Å². The first-order valence-electron chi connectivity index (χ1n) is 34.9. The Bertz CT molecular complexity index is 5230. The fourth-order valence-electron chi connectivity index (χ4n) is 9.80. The van der Waals surface area contributed by atoms with Crippen molar-refractivity contribution in [2.75, 3.05) is 42.7 Å². The van der Waals surface area contributed by atoms with Gasteiger partial charge in [-0.25, -0.2) is 0 Å². The van der Waals surface area contributed by atoms with Crippen molar-refractivity contribution in [2.24, 2.45) is 0 Å². The van der Waals surface area contributed by atoms with E-state index in [2.05, 4.69) is 79.6 Å². The van der Waals surface area contributed by atoms with Crippen molar-refractivity contribution in [3.05, 3.63) is 422 Å². The zero-order valence-electron chi connectivity index (χ0n) is 62.8. The smallest absolute Gasteiger partial charge is 0.186 e. The van der Waals surface area contributed by atoms with Gasteiger partial charge in [-0.05, 0) is 252 Å². The van der Waals surface area contributed by atoms with Gasteiger partial charge in [0.2, 0.25) is 0 Å². The quantitative estimate of drug-likeness (QED) is 0.0417. The number of benzene rings is 12. The van der Waals surface area contributed by atoms with Gasteiger partial charge in [0, 0.05) is 60.8 Å². The molecule has 0 amide bonds. The molecule has 0 aliphatic carbocycles. The topological polar surface area (TPSA) is 158 Å². The molecule has 0 unspecified atom stereocenters. The molecule has 576 valence electrons. The zero-order chi connectivity index (χ0) is 82.0. The number of ketones is 6. The van der Waals surface area contributed by atoms with Crippen LogP contribution in [0.1, 0.15) is 95.5 Å². The largest absolute Gasteiger partial charge is 0.497 e. The minimum atomic E-state index is -0.0560. The molecule has 0 aliphatic heterocycles. The maximum Gasteiger partial charge on any atom is 0.186 e. The Morgan fingerprint density at radius 2 is 0.509 bits per heavy atom. The van der Waals surface area contributed by atoms with Crippen LogP contribution < -0.4 is 28.4 Å². The number of carbonyl (C=O) groups excluding carboxylic acids is 6. The Kier molecular flexibility index (Phi) is 38.7. The summed E-state index contributed by atoms with van der Waals surface area (Å²) in [5.41, 5.74) is 9.58. The van der Waals surface area contributed by atoms with Crippen molar-refractivity contribution in [1.29, 1.82) is 0 Å². The van der Waals surface area contributed by atoms with E-state index in [1.165, 1.54) is 6.08 Å². The summed E-state index contributed by atoms with van der Waals surface area (Å²) >= 11 is 22.5. The molecule has 0 heterocycles. The number of carbonyl (C=O) groups is 6. The molecule has 12 rings (SSSR count). The van der Waals surface area contributed by atoms with Gasteiger partial charge < -0.3 is 28.4 Å². The van der Waals surface area contributed by atoms with Gasteiger partial charge in [0.25, 0.3) is 0 Å². The van der Waals surface area contributed by atoms with Crippen molar-refractivity contribution >= 4 is 162 Å². The van der Waals surface area contributed by atoms with Crippen molar-refractivity contribution < 1.29 is 57.2 Å². The number of hydrogen-bond donors (Lipinski definition) is 0. The van der Waals surface area contributed by atoms with Crippen LogP contribution in [-0.4, -0.2) is 77.4 Å². The molecule has 0 bridgehead atoms. The third-order valence-electron chi connectivity index (χ3n) is 15.9. The summed E-state index contributed by atoms with van der Waals surface area (Å²) in [4.78, 5) is 71.8. The van der Waals surface area contributed by atoms with Crippen LogP contribution in [0.2, 0.25) is 5.02 Å². The van der Waals surface area contributed by atoms with Crippen molar-refractivity contribution in [3.8, 4) is 34.5 Å². The molecule has 0 spiro atoms. The molecule has 0 saturated heterocycles. The molecule has 0 N–H and O–H groups in total. The number of hydrogen-bond acceptors (Lipinski definition) is 12. The Balaban J connectivity index is 0.000000189. The summed E-state index contributed by atoms with van der Waals surface area (Å²) in [6.07, 6.45) is 20.1. The van der Waals surface area contributed by atoms with E-state index in [1.807, 2.05) is 212 Å². The summed E-state index contributed by atoms with van der Waals surface area (Å²) in [5, 5.41) is 0.619. The molecular weight excluding hydrogens is 1780 g/mol. The highest BCUT2D eigenvalue weighted by Crippen LogP contribution is 2.24. The van der Waals surface area contributed by atoms with Gasteiger partial charge in [0.05, 0.1) is 42.7 Å². The van der Waals surface area contributed by atoms with Crippen molar-refractivity contribution in [2.45, 2.75) is 0 Å².